The summed E-state index contributed by atoms with van der Waals surface area (Å²) in [5.41, 5.74) is 0.736. The van der Waals surface area contributed by atoms with E-state index in [1.807, 2.05) is 12.1 Å². The summed E-state index contributed by atoms with van der Waals surface area (Å²) in [6.07, 6.45) is 3.07. The molecule has 1 aromatic heterocycles. The summed E-state index contributed by atoms with van der Waals surface area (Å²) in [7, 11) is 0. The summed E-state index contributed by atoms with van der Waals surface area (Å²) < 4.78 is 12.2. The Morgan fingerprint density at radius 2 is 2.16 bits per heavy atom. The number of halogens is 2. The summed E-state index contributed by atoms with van der Waals surface area (Å²) in [5.74, 6) is 0.968. The zero-order valence-electron chi connectivity index (χ0n) is 10.1. The Morgan fingerprint density at radius 3 is 2.89 bits per heavy atom. The Kier molecular flexibility index (Phi) is 3.86. The van der Waals surface area contributed by atoms with Crippen molar-refractivity contribution in [2.75, 3.05) is 6.61 Å². The van der Waals surface area contributed by atoms with Crippen molar-refractivity contribution in [3.05, 3.63) is 33.6 Å². The minimum Gasteiger partial charge on any atom is -0.418 e. The summed E-state index contributed by atoms with van der Waals surface area (Å²) in [5, 5.41) is 8.70. The van der Waals surface area contributed by atoms with Crippen LogP contribution in [0.25, 0.3) is 11.5 Å². The SMILES string of the molecule is Clc1cc(Br)ccc1-c1nnc(C2CCCCO2)o1. The molecule has 19 heavy (non-hydrogen) atoms. The van der Waals surface area contributed by atoms with Crippen molar-refractivity contribution in [1.29, 1.82) is 0 Å². The monoisotopic (exact) mass is 342 g/mol. The van der Waals surface area contributed by atoms with E-state index < -0.39 is 0 Å². The average molecular weight is 344 g/mol. The normalized spacial score (nSPS) is 19.6. The maximum Gasteiger partial charge on any atom is 0.249 e. The summed E-state index contributed by atoms with van der Waals surface area (Å²) in [4.78, 5) is 0. The van der Waals surface area contributed by atoms with Gasteiger partial charge in [-0.2, -0.15) is 0 Å². The number of aromatic nitrogens is 2. The van der Waals surface area contributed by atoms with Crippen molar-refractivity contribution < 1.29 is 9.15 Å². The Labute approximate surface area is 124 Å². The Bertz CT molecular complexity index is 582. The van der Waals surface area contributed by atoms with E-state index in [4.69, 9.17) is 20.8 Å². The molecule has 6 heteroatoms. The zero-order valence-corrected chi connectivity index (χ0v) is 12.4. The van der Waals surface area contributed by atoms with Crippen LogP contribution in [0.1, 0.15) is 31.3 Å². The van der Waals surface area contributed by atoms with Gasteiger partial charge in [0.25, 0.3) is 0 Å². The molecule has 4 nitrogen and oxygen atoms in total. The lowest BCUT2D eigenvalue weighted by atomic mass is 10.1. The minimum atomic E-state index is -0.0794. The molecule has 100 valence electrons. The van der Waals surface area contributed by atoms with Crippen molar-refractivity contribution in [2.45, 2.75) is 25.4 Å². The van der Waals surface area contributed by atoms with Gasteiger partial charge in [-0.3, -0.25) is 0 Å². The standard InChI is InChI=1S/C13H12BrClN2O2/c14-8-4-5-9(10(15)7-8)12-16-17-13(19-12)11-3-1-2-6-18-11/h4-5,7,11H,1-3,6H2. The highest BCUT2D eigenvalue weighted by molar-refractivity contribution is 9.10. The van der Waals surface area contributed by atoms with Gasteiger partial charge in [-0.1, -0.05) is 27.5 Å². The first-order valence-corrected chi connectivity index (χ1v) is 7.31. The maximum atomic E-state index is 6.17. The van der Waals surface area contributed by atoms with E-state index in [0.717, 1.165) is 35.9 Å². The van der Waals surface area contributed by atoms with Crippen LogP contribution in [0.2, 0.25) is 5.02 Å². The lowest BCUT2D eigenvalue weighted by Crippen LogP contribution is -2.11. The molecule has 0 bridgehead atoms. The molecule has 0 spiro atoms. The molecule has 0 amide bonds. The van der Waals surface area contributed by atoms with Gasteiger partial charge in [-0.25, -0.2) is 0 Å². The number of hydrogen-bond donors (Lipinski definition) is 0. The Morgan fingerprint density at radius 1 is 1.26 bits per heavy atom. The van der Waals surface area contributed by atoms with Crippen LogP contribution in [0, 0.1) is 0 Å². The lowest BCUT2D eigenvalue weighted by Gasteiger charge is -2.18. The molecule has 2 aromatic rings. The highest BCUT2D eigenvalue weighted by atomic mass is 79.9. The summed E-state index contributed by atoms with van der Waals surface area (Å²) in [6.45, 7) is 0.751. The molecular formula is C13H12BrClN2O2. The summed E-state index contributed by atoms with van der Waals surface area (Å²) >= 11 is 9.54. The van der Waals surface area contributed by atoms with Gasteiger partial charge in [-0.05, 0) is 37.5 Å². The van der Waals surface area contributed by atoms with E-state index in [-0.39, 0.29) is 6.10 Å². The van der Waals surface area contributed by atoms with E-state index in [1.165, 1.54) is 0 Å². The molecule has 1 unspecified atom stereocenters. The second-order valence-corrected chi connectivity index (χ2v) is 5.75. The minimum absolute atomic E-state index is 0.0794. The number of nitrogens with zero attached hydrogens (tertiary/aromatic N) is 2. The van der Waals surface area contributed by atoms with Crippen molar-refractivity contribution in [2.24, 2.45) is 0 Å². The van der Waals surface area contributed by atoms with Crippen LogP contribution in [0.4, 0.5) is 0 Å². The maximum absolute atomic E-state index is 6.17. The first-order chi connectivity index (χ1) is 9.24. The van der Waals surface area contributed by atoms with Crippen LogP contribution in [-0.4, -0.2) is 16.8 Å². The van der Waals surface area contributed by atoms with Gasteiger partial charge in [0.1, 0.15) is 6.10 Å². The van der Waals surface area contributed by atoms with Crippen LogP contribution in [0.15, 0.2) is 27.1 Å². The molecule has 1 fully saturated rings. The predicted molar refractivity (Wildman–Crippen MR) is 75.0 cm³/mol. The number of rotatable bonds is 2. The van der Waals surface area contributed by atoms with E-state index in [2.05, 4.69) is 26.1 Å². The van der Waals surface area contributed by atoms with Gasteiger partial charge < -0.3 is 9.15 Å². The molecule has 0 saturated carbocycles. The predicted octanol–water partition coefficient (Wildman–Crippen LogP) is 4.39. The van der Waals surface area contributed by atoms with Crippen LogP contribution >= 0.6 is 27.5 Å². The first kappa shape index (κ1) is 13.1. The van der Waals surface area contributed by atoms with Gasteiger partial charge in [0, 0.05) is 11.1 Å². The third kappa shape index (κ3) is 2.83. The largest absolute Gasteiger partial charge is 0.418 e. The average Bonchev–Trinajstić information content (AvgIpc) is 2.89. The molecule has 1 atom stereocenters. The van der Waals surface area contributed by atoms with Crippen molar-refractivity contribution in [3.63, 3.8) is 0 Å². The number of hydrogen-bond acceptors (Lipinski definition) is 4. The van der Waals surface area contributed by atoms with Crippen LogP contribution < -0.4 is 0 Å². The molecule has 1 saturated heterocycles. The van der Waals surface area contributed by atoms with Crippen molar-refractivity contribution in [3.8, 4) is 11.5 Å². The fraction of sp³-hybridized carbons (Fsp3) is 0.385. The van der Waals surface area contributed by atoms with Crippen molar-refractivity contribution >= 4 is 27.5 Å². The van der Waals surface area contributed by atoms with Crippen LogP contribution in [0.3, 0.4) is 0 Å². The molecule has 0 aliphatic carbocycles. The highest BCUT2D eigenvalue weighted by Crippen LogP contribution is 2.32. The van der Waals surface area contributed by atoms with Crippen molar-refractivity contribution in [1.82, 2.24) is 10.2 Å². The highest BCUT2D eigenvalue weighted by Gasteiger charge is 2.23. The first-order valence-electron chi connectivity index (χ1n) is 6.14. The van der Waals surface area contributed by atoms with Gasteiger partial charge in [0.2, 0.25) is 11.8 Å². The lowest BCUT2D eigenvalue weighted by molar-refractivity contribution is -0.00126. The topological polar surface area (TPSA) is 48.2 Å². The molecule has 2 heterocycles. The molecule has 1 aliphatic heterocycles. The smallest absolute Gasteiger partial charge is 0.249 e. The fourth-order valence-corrected chi connectivity index (χ4v) is 2.83. The number of ether oxygens (including phenoxy) is 1. The van der Waals surface area contributed by atoms with E-state index in [9.17, 15) is 0 Å². The molecule has 1 aromatic carbocycles. The van der Waals surface area contributed by atoms with Gasteiger partial charge in [0.05, 0.1) is 10.6 Å². The second-order valence-electron chi connectivity index (χ2n) is 4.42. The van der Waals surface area contributed by atoms with E-state index in [0.29, 0.717) is 16.8 Å². The summed E-state index contributed by atoms with van der Waals surface area (Å²) in [6, 6.07) is 5.55. The van der Waals surface area contributed by atoms with E-state index >= 15 is 0 Å². The third-order valence-electron chi connectivity index (χ3n) is 3.06. The quantitative estimate of drug-likeness (QED) is 0.811. The van der Waals surface area contributed by atoms with Gasteiger partial charge in [0.15, 0.2) is 0 Å². The zero-order chi connectivity index (χ0) is 13.2. The third-order valence-corrected chi connectivity index (χ3v) is 3.86. The Hall–Kier alpha value is -0.910. The fourth-order valence-electron chi connectivity index (χ4n) is 2.07. The molecular weight excluding hydrogens is 332 g/mol. The van der Waals surface area contributed by atoms with Gasteiger partial charge >= 0.3 is 0 Å². The molecule has 0 radical (unpaired) electrons. The van der Waals surface area contributed by atoms with E-state index in [1.54, 1.807) is 6.07 Å². The molecule has 0 N–H and O–H groups in total. The molecule has 3 rings (SSSR count). The van der Waals surface area contributed by atoms with Crippen LogP contribution in [0.5, 0.6) is 0 Å². The second kappa shape index (κ2) is 5.61. The molecule has 1 aliphatic rings. The Balaban J connectivity index is 1.87. The van der Waals surface area contributed by atoms with Gasteiger partial charge in [-0.15, -0.1) is 10.2 Å². The number of benzene rings is 1. The van der Waals surface area contributed by atoms with Crippen LogP contribution in [-0.2, 0) is 4.74 Å².